The molecule has 4 aromatic rings. The van der Waals surface area contributed by atoms with Crippen molar-refractivity contribution >= 4 is 34.1 Å². The lowest BCUT2D eigenvalue weighted by Gasteiger charge is -2.19. The number of amides is 1. The van der Waals surface area contributed by atoms with E-state index < -0.39 is 0 Å². The van der Waals surface area contributed by atoms with E-state index in [1.54, 1.807) is 0 Å². The number of aryl methyl sites for hydroxylation is 1. The molecule has 2 N–H and O–H groups in total. The SMILES string of the molecule is Cc1[nH]c2ccc(NC(=O)c3ccc(F)cc3)cc2c1CCN(C)Cc1c(Cl)ccc2c1OCO2. The summed E-state index contributed by atoms with van der Waals surface area (Å²) in [5.41, 5.74) is 5.29. The van der Waals surface area contributed by atoms with Crippen LogP contribution in [-0.2, 0) is 13.0 Å². The third-order valence-electron chi connectivity index (χ3n) is 6.24. The minimum atomic E-state index is -0.375. The third kappa shape index (κ3) is 4.83. The van der Waals surface area contributed by atoms with Gasteiger partial charge in [-0.2, -0.15) is 0 Å². The van der Waals surface area contributed by atoms with Gasteiger partial charge in [-0.3, -0.25) is 4.79 Å². The fraction of sp³-hybridized carbons (Fsp3) is 0.222. The van der Waals surface area contributed by atoms with Crippen molar-refractivity contribution in [1.29, 1.82) is 0 Å². The van der Waals surface area contributed by atoms with Crippen LogP contribution in [-0.4, -0.2) is 36.2 Å². The Balaban J connectivity index is 1.30. The molecule has 0 aliphatic carbocycles. The number of carbonyl (C=O) groups is 1. The molecule has 2 heterocycles. The summed E-state index contributed by atoms with van der Waals surface area (Å²) in [5, 5.41) is 4.62. The second-order valence-electron chi connectivity index (χ2n) is 8.70. The van der Waals surface area contributed by atoms with Crippen LogP contribution in [0.5, 0.6) is 11.5 Å². The number of carbonyl (C=O) groups excluding carboxylic acids is 1. The number of benzene rings is 3. The number of rotatable bonds is 7. The van der Waals surface area contributed by atoms with Gasteiger partial charge >= 0.3 is 0 Å². The summed E-state index contributed by atoms with van der Waals surface area (Å²) >= 11 is 6.45. The minimum Gasteiger partial charge on any atom is -0.454 e. The molecule has 1 aliphatic rings. The highest BCUT2D eigenvalue weighted by Gasteiger charge is 2.21. The molecular formula is C27H25ClFN3O3. The highest BCUT2D eigenvalue weighted by Crippen LogP contribution is 2.40. The standard InChI is InChI=1S/C27H25ClFN3O3/c1-16-20(11-12-32(2)14-22-23(28)8-10-25-26(22)35-15-34-25)21-13-19(7-9-24(21)30-16)31-27(33)17-3-5-18(29)6-4-17/h3-10,13,30H,11-12,14-15H2,1-2H3,(H,31,33). The number of anilines is 1. The molecule has 8 heteroatoms. The van der Waals surface area contributed by atoms with Crippen molar-refractivity contribution in [3.63, 3.8) is 0 Å². The fourth-order valence-corrected chi connectivity index (χ4v) is 4.60. The summed E-state index contributed by atoms with van der Waals surface area (Å²) in [6.07, 6.45) is 0.807. The first-order chi connectivity index (χ1) is 16.9. The molecule has 180 valence electrons. The Kier molecular flexibility index (Phi) is 6.36. The molecule has 1 aliphatic heterocycles. The Morgan fingerprint density at radius 2 is 1.91 bits per heavy atom. The van der Waals surface area contributed by atoms with E-state index in [9.17, 15) is 9.18 Å². The number of aromatic amines is 1. The van der Waals surface area contributed by atoms with Crippen molar-refractivity contribution in [2.75, 3.05) is 25.7 Å². The number of hydrogen-bond acceptors (Lipinski definition) is 4. The van der Waals surface area contributed by atoms with Gasteiger partial charge in [0.05, 0.1) is 0 Å². The van der Waals surface area contributed by atoms with Crippen molar-refractivity contribution in [2.24, 2.45) is 0 Å². The smallest absolute Gasteiger partial charge is 0.255 e. The zero-order valence-electron chi connectivity index (χ0n) is 19.5. The lowest BCUT2D eigenvalue weighted by molar-refractivity contribution is 0.102. The Hall–Kier alpha value is -3.55. The number of nitrogens with zero attached hydrogens (tertiary/aromatic N) is 1. The number of likely N-dealkylation sites (N-methyl/N-ethyl adjacent to an activating group) is 1. The number of nitrogens with one attached hydrogen (secondary N) is 2. The minimum absolute atomic E-state index is 0.209. The predicted octanol–water partition coefficient (Wildman–Crippen LogP) is 5.92. The van der Waals surface area contributed by atoms with E-state index in [2.05, 4.69) is 22.1 Å². The van der Waals surface area contributed by atoms with Gasteiger partial charge in [-0.05, 0) is 80.6 Å². The van der Waals surface area contributed by atoms with Gasteiger partial charge in [0.2, 0.25) is 6.79 Å². The lowest BCUT2D eigenvalue weighted by Crippen LogP contribution is -2.21. The van der Waals surface area contributed by atoms with Gasteiger partial charge in [0.25, 0.3) is 5.91 Å². The van der Waals surface area contributed by atoms with Crippen LogP contribution in [0.2, 0.25) is 5.02 Å². The molecule has 6 nitrogen and oxygen atoms in total. The Bertz CT molecular complexity index is 1400. The van der Waals surface area contributed by atoms with Gasteiger partial charge in [0, 0.05) is 51.5 Å². The maximum Gasteiger partial charge on any atom is 0.255 e. The maximum atomic E-state index is 13.2. The zero-order chi connectivity index (χ0) is 24.5. The van der Waals surface area contributed by atoms with E-state index in [1.165, 1.54) is 29.8 Å². The van der Waals surface area contributed by atoms with Crippen LogP contribution in [0.25, 0.3) is 10.9 Å². The molecule has 0 saturated carbocycles. The monoisotopic (exact) mass is 493 g/mol. The van der Waals surface area contributed by atoms with Crippen LogP contribution in [0, 0.1) is 12.7 Å². The van der Waals surface area contributed by atoms with E-state index in [4.69, 9.17) is 21.1 Å². The molecule has 5 rings (SSSR count). The summed E-state index contributed by atoms with van der Waals surface area (Å²) in [6.45, 7) is 3.69. The Labute approximate surface area is 207 Å². The molecule has 1 aromatic heterocycles. The topological polar surface area (TPSA) is 66.6 Å². The summed E-state index contributed by atoms with van der Waals surface area (Å²) in [4.78, 5) is 18.2. The molecule has 0 fully saturated rings. The van der Waals surface area contributed by atoms with E-state index in [0.29, 0.717) is 28.6 Å². The second-order valence-corrected chi connectivity index (χ2v) is 9.10. The Morgan fingerprint density at radius 3 is 2.71 bits per heavy atom. The number of ether oxygens (including phenoxy) is 2. The Morgan fingerprint density at radius 1 is 1.11 bits per heavy atom. The van der Waals surface area contributed by atoms with Crippen LogP contribution >= 0.6 is 11.6 Å². The highest BCUT2D eigenvalue weighted by molar-refractivity contribution is 6.31. The van der Waals surface area contributed by atoms with Crippen LogP contribution in [0.15, 0.2) is 54.6 Å². The number of halogens is 2. The molecule has 0 radical (unpaired) electrons. The molecule has 0 bridgehead atoms. The molecule has 0 unspecified atom stereocenters. The van der Waals surface area contributed by atoms with Crippen molar-refractivity contribution in [3.05, 3.63) is 87.8 Å². The molecule has 0 spiro atoms. The summed E-state index contributed by atoms with van der Waals surface area (Å²) in [7, 11) is 2.05. The molecule has 0 atom stereocenters. The number of hydrogen-bond donors (Lipinski definition) is 2. The van der Waals surface area contributed by atoms with Gasteiger partial charge in [0.15, 0.2) is 11.5 Å². The predicted molar refractivity (Wildman–Crippen MR) is 135 cm³/mol. The number of aromatic nitrogens is 1. The number of fused-ring (bicyclic) bond motifs is 2. The summed E-state index contributed by atoms with van der Waals surface area (Å²) < 4.78 is 24.3. The quantitative estimate of drug-likeness (QED) is 0.335. The van der Waals surface area contributed by atoms with E-state index in [-0.39, 0.29) is 18.5 Å². The normalized spacial score (nSPS) is 12.5. The van der Waals surface area contributed by atoms with E-state index in [1.807, 2.05) is 37.4 Å². The van der Waals surface area contributed by atoms with Crippen molar-refractivity contribution in [1.82, 2.24) is 9.88 Å². The molecule has 3 aromatic carbocycles. The van der Waals surface area contributed by atoms with Crippen LogP contribution < -0.4 is 14.8 Å². The molecule has 1 amide bonds. The van der Waals surface area contributed by atoms with Gasteiger partial charge in [-0.25, -0.2) is 4.39 Å². The van der Waals surface area contributed by atoms with Crippen LogP contribution in [0.4, 0.5) is 10.1 Å². The third-order valence-corrected chi connectivity index (χ3v) is 6.59. The van der Waals surface area contributed by atoms with Gasteiger partial charge in [-0.15, -0.1) is 0 Å². The van der Waals surface area contributed by atoms with E-state index >= 15 is 0 Å². The van der Waals surface area contributed by atoms with Crippen molar-refractivity contribution in [2.45, 2.75) is 19.9 Å². The van der Waals surface area contributed by atoms with Crippen molar-refractivity contribution < 1.29 is 18.7 Å². The van der Waals surface area contributed by atoms with Gasteiger partial charge in [-0.1, -0.05) is 11.6 Å². The molecule has 35 heavy (non-hydrogen) atoms. The maximum absolute atomic E-state index is 13.2. The van der Waals surface area contributed by atoms with E-state index in [0.717, 1.165) is 40.9 Å². The molecular weight excluding hydrogens is 469 g/mol. The lowest BCUT2D eigenvalue weighted by atomic mass is 10.1. The van der Waals surface area contributed by atoms with Crippen LogP contribution in [0.3, 0.4) is 0 Å². The fourth-order valence-electron chi connectivity index (χ4n) is 4.39. The van der Waals surface area contributed by atoms with Gasteiger partial charge < -0.3 is 24.7 Å². The average molecular weight is 494 g/mol. The first-order valence-electron chi connectivity index (χ1n) is 11.3. The highest BCUT2D eigenvalue weighted by atomic mass is 35.5. The summed E-state index contributed by atoms with van der Waals surface area (Å²) in [6, 6.07) is 14.9. The average Bonchev–Trinajstić information content (AvgIpc) is 3.43. The second kappa shape index (κ2) is 9.60. The van der Waals surface area contributed by atoms with Crippen LogP contribution in [0.1, 0.15) is 27.2 Å². The zero-order valence-corrected chi connectivity index (χ0v) is 20.2. The van der Waals surface area contributed by atoms with Crippen molar-refractivity contribution in [3.8, 4) is 11.5 Å². The first-order valence-corrected chi connectivity index (χ1v) is 11.7. The summed E-state index contributed by atoms with van der Waals surface area (Å²) in [5.74, 6) is 0.783. The van der Waals surface area contributed by atoms with Gasteiger partial charge in [0.1, 0.15) is 5.82 Å². The molecule has 0 saturated heterocycles. The largest absolute Gasteiger partial charge is 0.454 e. The first kappa shape index (κ1) is 23.2. The number of H-pyrrole nitrogens is 1.